The maximum atomic E-state index is 12.7. The smallest absolute Gasteiger partial charge is 0.241 e. The summed E-state index contributed by atoms with van der Waals surface area (Å²) in [4.78, 5) is 4.54. The van der Waals surface area contributed by atoms with Crippen LogP contribution in [0.5, 0.6) is 0 Å². The van der Waals surface area contributed by atoms with Crippen molar-refractivity contribution >= 4 is 10.0 Å². The number of hydrogen-bond acceptors (Lipinski definition) is 3. The van der Waals surface area contributed by atoms with Crippen LogP contribution in [-0.2, 0) is 10.0 Å². The second-order valence-corrected chi connectivity index (χ2v) is 6.75. The Morgan fingerprint density at radius 2 is 1.39 bits per heavy atom. The number of rotatable bonds is 5. The topological polar surface area (TPSA) is 59.1 Å². The number of hydrogen-bond donors (Lipinski definition) is 1. The zero-order valence-electron chi connectivity index (χ0n) is 12.3. The Hall–Kier alpha value is -2.50. The number of sulfonamides is 1. The molecule has 0 spiro atoms. The van der Waals surface area contributed by atoms with Gasteiger partial charge in [-0.3, -0.25) is 4.98 Å². The highest BCUT2D eigenvalue weighted by Crippen LogP contribution is 2.22. The van der Waals surface area contributed by atoms with Gasteiger partial charge in [-0.05, 0) is 29.8 Å². The Morgan fingerprint density at radius 3 is 2.00 bits per heavy atom. The third-order valence-corrected chi connectivity index (χ3v) is 4.88. The molecule has 0 saturated heterocycles. The molecule has 0 radical (unpaired) electrons. The van der Waals surface area contributed by atoms with Crippen LogP contribution in [0.3, 0.4) is 0 Å². The molecule has 116 valence electrons. The normalized spacial score (nSPS) is 12.7. The summed E-state index contributed by atoms with van der Waals surface area (Å²) in [6.45, 7) is 0. The van der Waals surface area contributed by atoms with Crippen LogP contribution in [0.25, 0.3) is 0 Å². The Bertz CT molecular complexity index is 812. The van der Waals surface area contributed by atoms with E-state index in [1.54, 1.807) is 42.6 Å². The van der Waals surface area contributed by atoms with Gasteiger partial charge in [0.25, 0.3) is 0 Å². The largest absolute Gasteiger partial charge is 0.259 e. The van der Waals surface area contributed by atoms with Crippen molar-refractivity contribution in [2.75, 3.05) is 0 Å². The lowest BCUT2D eigenvalue weighted by molar-refractivity contribution is 0.570. The van der Waals surface area contributed by atoms with Crippen LogP contribution in [-0.4, -0.2) is 13.4 Å². The molecule has 0 aliphatic carbocycles. The molecule has 23 heavy (non-hydrogen) atoms. The van der Waals surface area contributed by atoms with Crippen molar-refractivity contribution in [3.8, 4) is 0 Å². The Labute approximate surface area is 135 Å². The van der Waals surface area contributed by atoms with Gasteiger partial charge >= 0.3 is 0 Å². The summed E-state index contributed by atoms with van der Waals surface area (Å²) in [5.41, 5.74) is 1.49. The highest BCUT2D eigenvalue weighted by Gasteiger charge is 2.23. The fourth-order valence-corrected chi connectivity index (χ4v) is 3.53. The van der Waals surface area contributed by atoms with Crippen molar-refractivity contribution in [3.05, 3.63) is 96.3 Å². The molecule has 0 bridgehead atoms. The van der Waals surface area contributed by atoms with Crippen LogP contribution in [0, 0.1) is 0 Å². The lowest BCUT2D eigenvalue weighted by Crippen LogP contribution is -2.30. The van der Waals surface area contributed by atoms with Crippen molar-refractivity contribution in [2.24, 2.45) is 0 Å². The molecule has 0 aliphatic heterocycles. The molecule has 2 aromatic carbocycles. The minimum Gasteiger partial charge on any atom is -0.259 e. The molecule has 1 aromatic heterocycles. The van der Waals surface area contributed by atoms with Gasteiger partial charge in [-0.2, -0.15) is 4.72 Å². The minimum atomic E-state index is -3.65. The summed E-state index contributed by atoms with van der Waals surface area (Å²) in [5.74, 6) is 0. The van der Waals surface area contributed by atoms with E-state index in [1.165, 1.54) is 0 Å². The molecule has 1 heterocycles. The van der Waals surface area contributed by atoms with Crippen molar-refractivity contribution in [2.45, 2.75) is 10.9 Å². The van der Waals surface area contributed by atoms with E-state index in [4.69, 9.17) is 0 Å². The van der Waals surface area contributed by atoms with Gasteiger partial charge in [0, 0.05) is 6.20 Å². The average Bonchev–Trinajstić information content (AvgIpc) is 2.62. The summed E-state index contributed by atoms with van der Waals surface area (Å²) in [5, 5.41) is 0. The molecule has 4 nitrogen and oxygen atoms in total. The molecule has 1 N–H and O–H groups in total. The molecule has 1 atom stereocenters. The van der Waals surface area contributed by atoms with E-state index >= 15 is 0 Å². The monoisotopic (exact) mass is 324 g/mol. The zero-order chi connectivity index (χ0) is 16.1. The fourth-order valence-electron chi connectivity index (χ4n) is 2.31. The van der Waals surface area contributed by atoms with Crippen LogP contribution in [0.1, 0.15) is 17.3 Å². The first kappa shape index (κ1) is 15.4. The zero-order valence-corrected chi connectivity index (χ0v) is 13.1. The first-order valence-electron chi connectivity index (χ1n) is 7.20. The summed E-state index contributed by atoms with van der Waals surface area (Å²) >= 11 is 0. The Morgan fingerprint density at radius 1 is 0.783 bits per heavy atom. The van der Waals surface area contributed by atoms with Gasteiger partial charge in [-0.1, -0.05) is 54.6 Å². The second-order valence-electron chi connectivity index (χ2n) is 5.03. The average molecular weight is 324 g/mol. The molecule has 0 aliphatic rings. The highest BCUT2D eigenvalue weighted by molar-refractivity contribution is 7.89. The molecule has 0 saturated carbocycles. The molecule has 3 aromatic rings. The summed E-state index contributed by atoms with van der Waals surface area (Å²) < 4.78 is 28.1. The van der Waals surface area contributed by atoms with Gasteiger partial charge in [-0.25, -0.2) is 8.42 Å². The number of aromatic nitrogens is 1. The van der Waals surface area contributed by atoms with Crippen LogP contribution in [0.2, 0.25) is 0 Å². The van der Waals surface area contributed by atoms with Crippen molar-refractivity contribution in [3.63, 3.8) is 0 Å². The van der Waals surface area contributed by atoms with Gasteiger partial charge in [0.2, 0.25) is 10.0 Å². The molecule has 0 fully saturated rings. The van der Waals surface area contributed by atoms with E-state index in [1.807, 2.05) is 42.5 Å². The molecule has 5 heteroatoms. The SMILES string of the molecule is O=S(=O)(N[C@H](c1ccccc1)c1ccccn1)c1ccccc1. The first-order valence-corrected chi connectivity index (χ1v) is 8.68. The van der Waals surface area contributed by atoms with Gasteiger partial charge < -0.3 is 0 Å². The summed E-state index contributed by atoms with van der Waals surface area (Å²) in [6, 6.07) is 22.7. The highest BCUT2D eigenvalue weighted by atomic mass is 32.2. The molecule has 3 rings (SSSR count). The predicted molar refractivity (Wildman–Crippen MR) is 89.3 cm³/mol. The van der Waals surface area contributed by atoms with E-state index in [-0.39, 0.29) is 4.90 Å². The van der Waals surface area contributed by atoms with Crippen molar-refractivity contribution in [1.29, 1.82) is 0 Å². The number of nitrogens with one attached hydrogen (secondary N) is 1. The second kappa shape index (κ2) is 6.73. The van der Waals surface area contributed by atoms with Gasteiger partial charge in [-0.15, -0.1) is 0 Å². The quantitative estimate of drug-likeness (QED) is 0.784. The Balaban J connectivity index is 2.00. The van der Waals surface area contributed by atoms with E-state index in [2.05, 4.69) is 9.71 Å². The van der Waals surface area contributed by atoms with Crippen LogP contribution >= 0.6 is 0 Å². The number of pyridine rings is 1. The van der Waals surface area contributed by atoms with Gasteiger partial charge in [0.1, 0.15) is 0 Å². The van der Waals surface area contributed by atoms with E-state index < -0.39 is 16.1 Å². The van der Waals surface area contributed by atoms with E-state index in [0.717, 1.165) is 5.56 Å². The predicted octanol–water partition coefficient (Wildman–Crippen LogP) is 3.15. The molecule has 0 unspecified atom stereocenters. The third-order valence-electron chi connectivity index (χ3n) is 3.44. The van der Waals surface area contributed by atoms with Crippen LogP contribution in [0.4, 0.5) is 0 Å². The lowest BCUT2D eigenvalue weighted by atomic mass is 10.0. The van der Waals surface area contributed by atoms with Crippen molar-refractivity contribution in [1.82, 2.24) is 9.71 Å². The first-order chi connectivity index (χ1) is 11.2. The standard InChI is InChI=1S/C18H16N2O2S/c21-23(22,16-11-5-2-6-12-16)20-18(15-9-3-1-4-10-15)17-13-7-8-14-19-17/h1-14,18,20H/t18-/m1/s1. The van der Waals surface area contributed by atoms with Gasteiger partial charge in [0.15, 0.2) is 0 Å². The maximum Gasteiger partial charge on any atom is 0.241 e. The van der Waals surface area contributed by atoms with Gasteiger partial charge in [0.05, 0.1) is 16.6 Å². The van der Waals surface area contributed by atoms with Crippen LogP contribution in [0.15, 0.2) is 90.0 Å². The molecular formula is C18H16N2O2S. The van der Waals surface area contributed by atoms with Crippen LogP contribution < -0.4 is 4.72 Å². The molecule has 0 amide bonds. The van der Waals surface area contributed by atoms with E-state index in [0.29, 0.717) is 5.69 Å². The van der Waals surface area contributed by atoms with E-state index in [9.17, 15) is 8.42 Å². The summed E-state index contributed by atoms with van der Waals surface area (Å²) in [6.07, 6.45) is 1.65. The fraction of sp³-hybridized carbons (Fsp3) is 0.0556. The maximum absolute atomic E-state index is 12.7. The van der Waals surface area contributed by atoms with Crippen molar-refractivity contribution < 1.29 is 8.42 Å². The summed E-state index contributed by atoms with van der Waals surface area (Å²) in [7, 11) is -3.65. The Kier molecular flexibility index (Phi) is 4.50. The minimum absolute atomic E-state index is 0.233. The molecular weight excluding hydrogens is 308 g/mol. The number of benzene rings is 2. The number of nitrogens with zero attached hydrogens (tertiary/aromatic N) is 1. The third kappa shape index (κ3) is 3.64. The lowest BCUT2D eigenvalue weighted by Gasteiger charge is -2.19.